The summed E-state index contributed by atoms with van der Waals surface area (Å²) in [6.45, 7) is 4.29. The molecule has 1 atom stereocenters. The molecule has 1 unspecified atom stereocenters. The van der Waals surface area contributed by atoms with Crippen molar-refractivity contribution >= 4 is 22.9 Å². The number of thiophene rings is 1. The highest BCUT2D eigenvalue weighted by atomic mass is 35.5. The van der Waals surface area contributed by atoms with Crippen LogP contribution in [0.1, 0.15) is 22.6 Å². The molecule has 2 aromatic rings. The second kappa shape index (κ2) is 4.53. The fourth-order valence-electron chi connectivity index (χ4n) is 1.68. The lowest BCUT2D eigenvalue weighted by atomic mass is 10.2. The predicted octanol–water partition coefficient (Wildman–Crippen LogP) is 2.16. The molecule has 0 aromatic carbocycles. The zero-order chi connectivity index (χ0) is 11.7. The van der Waals surface area contributed by atoms with Crippen molar-refractivity contribution in [2.24, 2.45) is 5.73 Å². The summed E-state index contributed by atoms with van der Waals surface area (Å²) in [7, 11) is 0. The Morgan fingerprint density at radius 2 is 2.25 bits per heavy atom. The van der Waals surface area contributed by atoms with Gasteiger partial charge in [-0.1, -0.05) is 11.6 Å². The van der Waals surface area contributed by atoms with Crippen molar-refractivity contribution in [2.75, 3.05) is 6.54 Å². The van der Waals surface area contributed by atoms with Crippen LogP contribution in [0.3, 0.4) is 0 Å². The van der Waals surface area contributed by atoms with E-state index >= 15 is 0 Å². The van der Waals surface area contributed by atoms with Gasteiger partial charge in [0.05, 0.1) is 4.34 Å². The van der Waals surface area contributed by atoms with Gasteiger partial charge >= 0.3 is 0 Å². The maximum absolute atomic E-state index is 5.93. The smallest absolute Gasteiger partial charge is 0.147 e. The van der Waals surface area contributed by atoms with Gasteiger partial charge in [0.25, 0.3) is 0 Å². The number of nitrogens with zero attached hydrogens (tertiary/aromatic N) is 3. The predicted molar refractivity (Wildman–Crippen MR) is 66.0 cm³/mol. The molecule has 0 aliphatic heterocycles. The molecule has 0 radical (unpaired) electrons. The molecule has 0 fully saturated rings. The lowest BCUT2D eigenvalue weighted by molar-refractivity contribution is 0.522. The average Bonchev–Trinajstić information content (AvgIpc) is 2.76. The highest BCUT2D eigenvalue weighted by Crippen LogP contribution is 2.28. The number of aromatic nitrogens is 3. The Morgan fingerprint density at radius 3 is 2.69 bits per heavy atom. The van der Waals surface area contributed by atoms with Crippen molar-refractivity contribution in [2.45, 2.75) is 19.9 Å². The molecule has 0 spiro atoms. The Kier molecular flexibility index (Phi) is 3.28. The Bertz CT molecular complexity index is 491. The van der Waals surface area contributed by atoms with E-state index in [1.54, 1.807) is 0 Å². The van der Waals surface area contributed by atoms with Crippen molar-refractivity contribution in [1.82, 2.24) is 14.8 Å². The van der Waals surface area contributed by atoms with Crippen LogP contribution in [0.15, 0.2) is 12.1 Å². The van der Waals surface area contributed by atoms with Gasteiger partial charge in [0.2, 0.25) is 0 Å². The van der Waals surface area contributed by atoms with Crippen LogP contribution in [-0.4, -0.2) is 21.3 Å². The first-order valence-electron chi connectivity index (χ1n) is 4.97. The lowest BCUT2D eigenvalue weighted by Crippen LogP contribution is -2.21. The van der Waals surface area contributed by atoms with E-state index in [0.29, 0.717) is 6.54 Å². The summed E-state index contributed by atoms with van der Waals surface area (Å²) >= 11 is 7.46. The zero-order valence-corrected chi connectivity index (χ0v) is 10.7. The number of halogens is 1. The maximum Gasteiger partial charge on any atom is 0.147 e. The number of nitrogens with two attached hydrogens (primary N) is 1. The third-order valence-corrected chi connectivity index (χ3v) is 3.68. The van der Waals surface area contributed by atoms with Crippen LogP contribution in [0.5, 0.6) is 0 Å². The van der Waals surface area contributed by atoms with Gasteiger partial charge in [0, 0.05) is 11.4 Å². The van der Waals surface area contributed by atoms with Crippen molar-refractivity contribution in [1.29, 1.82) is 0 Å². The molecule has 2 rings (SSSR count). The number of hydrogen-bond acceptors (Lipinski definition) is 4. The summed E-state index contributed by atoms with van der Waals surface area (Å²) < 4.78 is 2.63. The van der Waals surface area contributed by atoms with Gasteiger partial charge in [-0.3, -0.25) is 0 Å². The molecule has 0 saturated carbocycles. The molecular formula is C10H13ClN4S. The van der Waals surface area contributed by atoms with E-state index in [2.05, 4.69) is 10.1 Å². The Labute approximate surface area is 103 Å². The van der Waals surface area contributed by atoms with Gasteiger partial charge in [0.15, 0.2) is 0 Å². The van der Waals surface area contributed by atoms with Crippen molar-refractivity contribution in [3.63, 3.8) is 0 Å². The zero-order valence-electron chi connectivity index (χ0n) is 9.14. The molecular weight excluding hydrogens is 244 g/mol. The quantitative estimate of drug-likeness (QED) is 0.916. The van der Waals surface area contributed by atoms with Gasteiger partial charge in [-0.25, -0.2) is 9.67 Å². The normalized spacial score (nSPS) is 13.0. The second-order valence-corrected chi connectivity index (χ2v) is 5.29. The first kappa shape index (κ1) is 11.6. The van der Waals surface area contributed by atoms with Crippen LogP contribution in [0, 0.1) is 13.8 Å². The molecule has 0 saturated heterocycles. The second-order valence-electron chi connectivity index (χ2n) is 3.54. The highest BCUT2D eigenvalue weighted by molar-refractivity contribution is 7.16. The fourth-order valence-corrected chi connectivity index (χ4v) is 2.83. The van der Waals surface area contributed by atoms with Gasteiger partial charge in [0.1, 0.15) is 17.7 Å². The van der Waals surface area contributed by atoms with Gasteiger partial charge in [-0.15, -0.1) is 11.3 Å². The number of hydrogen-bond donors (Lipinski definition) is 1. The summed E-state index contributed by atoms with van der Waals surface area (Å²) in [4.78, 5) is 5.39. The van der Waals surface area contributed by atoms with E-state index in [1.807, 2.05) is 30.7 Å². The van der Waals surface area contributed by atoms with Crippen LogP contribution >= 0.6 is 22.9 Å². The minimum Gasteiger partial charge on any atom is -0.328 e. The van der Waals surface area contributed by atoms with Crippen LogP contribution in [0.25, 0.3) is 0 Å². The monoisotopic (exact) mass is 256 g/mol. The fraction of sp³-hybridized carbons (Fsp3) is 0.400. The number of aryl methyl sites for hydroxylation is 2. The molecule has 0 aliphatic rings. The average molecular weight is 257 g/mol. The minimum absolute atomic E-state index is 0.0266. The third-order valence-electron chi connectivity index (χ3n) is 2.35. The van der Waals surface area contributed by atoms with Crippen molar-refractivity contribution in [3.8, 4) is 0 Å². The number of rotatable bonds is 3. The van der Waals surface area contributed by atoms with E-state index in [1.165, 1.54) is 11.3 Å². The lowest BCUT2D eigenvalue weighted by Gasteiger charge is -2.14. The topological polar surface area (TPSA) is 56.7 Å². The molecule has 2 heterocycles. The van der Waals surface area contributed by atoms with E-state index in [-0.39, 0.29) is 6.04 Å². The molecule has 0 amide bonds. The molecule has 2 N–H and O–H groups in total. The molecule has 4 nitrogen and oxygen atoms in total. The highest BCUT2D eigenvalue weighted by Gasteiger charge is 2.17. The van der Waals surface area contributed by atoms with Crippen LogP contribution in [0.4, 0.5) is 0 Å². The van der Waals surface area contributed by atoms with Crippen LogP contribution < -0.4 is 5.73 Å². The largest absolute Gasteiger partial charge is 0.328 e. The summed E-state index contributed by atoms with van der Waals surface area (Å²) in [6.07, 6.45) is 0. The molecule has 0 bridgehead atoms. The summed E-state index contributed by atoms with van der Waals surface area (Å²) in [5.74, 6) is 1.64. The molecule has 2 aromatic heterocycles. The summed E-state index contributed by atoms with van der Waals surface area (Å²) in [5.41, 5.74) is 5.80. The Morgan fingerprint density at radius 1 is 1.50 bits per heavy atom. The minimum atomic E-state index is 0.0266. The van der Waals surface area contributed by atoms with Crippen LogP contribution in [0.2, 0.25) is 4.34 Å². The molecule has 16 heavy (non-hydrogen) atoms. The van der Waals surface area contributed by atoms with Crippen LogP contribution in [-0.2, 0) is 0 Å². The Hall–Kier alpha value is -0.910. The summed E-state index contributed by atoms with van der Waals surface area (Å²) in [6, 6.07) is 3.89. The third kappa shape index (κ3) is 2.11. The first-order valence-corrected chi connectivity index (χ1v) is 6.16. The standard InChI is InChI=1S/C10H13ClN4S/c1-6-13-7(2)15(14-6)8(5-12)9-3-4-10(11)16-9/h3-4,8H,5,12H2,1-2H3. The van der Waals surface area contributed by atoms with Gasteiger partial charge in [-0.2, -0.15) is 5.10 Å². The molecule has 6 heteroatoms. The first-order chi connectivity index (χ1) is 7.61. The SMILES string of the molecule is Cc1nc(C)n(C(CN)c2ccc(Cl)s2)n1. The van der Waals surface area contributed by atoms with Crippen molar-refractivity contribution < 1.29 is 0 Å². The van der Waals surface area contributed by atoms with Crippen molar-refractivity contribution in [3.05, 3.63) is 33.0 Å². The van der Waals surface area contributed by atoms with E-state index < -0.39 is 0 Å². The van der Waals surface area contributed by atoms with Gasteiger partial charge < -0.3 is 5.73 Å². The Balaban J connectivity index is 2.40. The van der Waals surface area contributed by atoms with Gasteiger partial charge in [-0.05, 0) is 26.0 Å². The summed E-state index contributed by atoms with van der Waals surface area (Å²) in [5, 5.41) is 4.36. The van der Waals surface area contributed by atoms with E-state index in [0.717, 1.165) is 20.9 Å². The maximum atomic E-state index is 5.93. The molecule has 86 valence electrons. The van der Waals surface area contributed by atoms with E-state index in [9.17, 15) is 0 Å². The van der Waals surface area contributed by atoms with E-state index in [4.69, 9.17) is 17.3 Å². The molecule has 0 aliphatic carbocycles.